The Labute approximate surface area is 218 Å². The van der Waals surface area contributed by atoms with E-state index < -0.39 is 21.7 Å². The fraction of sp³-hybridized carbons (Fsp3) is 0.346. The largest absolute Gasteiger partial charge is 0.435 e. The van der Waals surface area contributed by atoms with Crippen molar-refractivity contribution in [3.63, 3.8) is 0 Å². The van der Waals surface area contributed by atoms with Crippen LogP contribution in [-0.2, 0) is 16.0 Å². The molecule has 0 saturated carbocycles. The molecule has 1 saturated heterocycles. The van der Waals surface area contributed by atoms with E-state index in [1.54, 1.807) is 18.2 Å². The van der Waals surface area contributed by atoms with E-state index in [9.17, 15) is 21.6 Å². The Balaban J connectivity index is 1.51. The van der Waals surface area contributed by atoms with Crippen LogP contribution in [0.15, 0.2) is 64.9 Å². The van der Waals surface area contributed by atoms with Crippen molar-refractivity contribution in [2.75, 3.05) is 44.4 Å². The van der Waals surface area contributed by atoms with Crippen LogP contribution >= 0.6 is 11.8 Å². The lowest BCUT2D eigenvalue weighted by Crippen LogP contribution is -2.44. The number of piperazine rings is 1. The number of hydrogen-bond donors (Lipinski definition) is 0. The molecule has 3 aromatic rings. The maximum Gasteiger partial charge on any atom is 0.435 e. The van der Waals surface area contributed by atoms with E-state index in [2.05, 4.69) is 21.9 Å². The molecule has 0 aliphatic carbocycles. The highest BCUT2D eigenvalue weighted by atomic mass is 32.2. The lowest BCUT2D eigenvalue weighted by atomic mass is 10.0. The second kappa shape index (κ2) is 9.85. The molecule has 0 amide bonds. The average molecular weight is 549 g/mol. The summed E-state index contributed by atoms with van der Waals surface area (Å²) in [5, 5.41) is 5.65. The van der Waals surface area contributed by atoms with Crippen LogP contribution in [0.4, 0.5) is 18.9 Å². The van der Waals surface area contributed by atoms with E-state index in [4.69, 9.17) is 0 Å². The Bertz CT molecular complexity index is 1440. The molecule has 37 heavy (non-hydrogen) atoms. The fourth-order valence-corrected chi connectivity index (χ4v) is 6.47. The molecule has 0 radical (unpaired) electrons. The van der Waals surface area contributed by atoms with Gasteiger partial charge in [0.2, 0.25) is 0 Å². The highest BCUT2D eigenvalue weighted by Crippen LogP contribution is 2.48. The molecule has 3 heterocycles. The van der Waals surface area contributed by atoms with Crippen molar-refractivity contribution >= 4 is 32.9 Å². The number of anilines is 1. The molecule has 0 bridgehead atoms. The smallest absolute Gasteiger partial charge is 0.367 e. The number of para-hydroxylation sites is 2. The normalized spacial score (nSPS) is 19.3. The highest BCUT2D eigenvalue weighted by molar-refractivity contribution is 8.02. The Morgan fingerprint density at radius 1 is 0.973 bits per heavy atom. The van der Waals surface area contributed by atoms with E-state index in [-0.39, 0.29) is 10.1 Å². The Hall–Kier alpha value is -2.76. The minimum Gasteiger partial charge on any atom is -0.367 e. The van der Waals surface area contributed by atoms with Gasteiger partial charge in [-0.15, -0.1) is 11.8 Å². The van der Waals surface area contributed by atoms with Crippen LogP contribution in [0.2, 0.25) is 0 Å². The number of likely N-dealkylation sites (N-methyl/N-ethyl adjacent to an activating group) is 1. The lowest BCUT2D eigenvalue weighted by Gasteiger charge is -2.35. The Morgan fingerprint density at radius 2 is 1.68 bits per heavy atom. The van der Waals surface area contributed by atoms with Gasteiger partial charge in [-0.05, 0) is 60.3 Å². The molecular weight excluding hydrogens is 521 g/mol. The number of aromatic nitrogens is 2. The molecule has 2 aliphatic rings. The van der Waals surface area contributed by atoms with Crippen LogP contribution < -0.4 is 4.90 Å². The molecule has 1 fully saturated rings. The number of allylic oxidation sites excluding steroid dienone is 1. The molecule has 2 aromatic carbocycles. The number of nitrogens with zero attached hydrogens (tertiary/aromatic N) is 4. The van der Waals surface area contributed by atoms with Crippen molar-refractivity contribution in [2.45, 2.75) is 22.7 Å². The van der Waals surface area contributed by atoms with Gasteiger partial charge in [-0.3, -0.25) is 0 Å². The summed E-state index contributed by atoms with van der Waals surface area (Å²) in [6.07, 6.45) is -2.97. The molecule has 0 N–H and O–H groups in total. The third-order valence-electron chi connectivity index (χ3n) is 6.72. The van der Waals surface area contributed by atoms with Crippen molar-refractivity contribution in [3.8, 4) is 5.69 Å². The monoisotopic (exact) mass is 548 g/mol. The highest BCUT2D eigenvalue weighted by Gasteiger charge is 2.37. The Kier molecular flexibility index (Phi) is 6.88. The zero-order chi connectivity index (χ0) is 26.4. The van der Waals surface area contributed by atoms with Gasteiger partial charge in [-0.2, -0.15) is 18.3 Å². The van der Waals surface area contributed by atoms with Gasteiger partial charge in [0.1, 0.15) is 0 Å². The number of rotatable bonds is 5. The van der Waals surface area contributed by atoms with E-state index in [0.29, 0.717) is 17.8 Å². The SMILES string of the molecule is CN1CCN(c2ccccc2-n2nc(C(F)(F)F)cc2C2CC(c3cccc(S(C)(=O)=O)c3)=CS2)CC1. The summed E-state index contributed by atoms with van der Waals surface area (Å²) in [4.78, 5) is 4.63. The molecule has 1 unspecified atom stereocenters. The maximum absolute atomic E-state index is 13.8. The second-order valence-corrected chi connectivity index (χ2v) is 12.5. The fourth-order valence-electron chi connectivity index (χ4n) is 4.66. The van der Waals surface area contributed by atoms with Gasteiger partial charge in [-0.1, -0.05) is 24.3 Å². The summed E-state index contributed by atoms with van der Waals surface area (Å²) in [6, 6.07) is 15.3. The molecule has 0 spiro atoms. The molecule has 2 aliphatic heterocycles. The maximum atomic E-state index is 13.8. The van der Waals surface area contributed by atoms with Gasteiger partial charge >= 0.3 is 6.18 Å². The average Bonchev–Trinajstić information content (AvgIpc) is 3.52. The number of halogens is 3. The minimum absolute atomic E-state index is 0.213. The summed E-state index contributed by atoms with van der Waals surface area (Å²) >= 11 is 1.43. The lowest BCUT2D eigenvalue weighted by molar-refractivity contribution is -0.141. The summed E-state index contributed by atoms with van der Waals surface area (Å²) in [5.41, 5.74) is 2.64. The second-order valence-electron chi connectivity index (χ2n) is 9.41. The molecule has 196 valence electrons. The van der Waals surface area contributed by atoms with Crippen molar-refractivity contribution in [3.05, 3.63) is 77.0 Å². The van der Waals surface area contributed by atoms with Crippen molar-refractivity contribution in [2.24, 2.45) is 0 Å². The predicted molar refractivity (Wildman–Crippen MR) is 141 cm³/mol. The van der Waals surface area contributed by atoms with Gasteiger partial charge in [0.25, 0.3) is 0 Å². The van der Waals surface area contributed by atoms with E-state index >= 15 is 0 Å². The van der Waals surface area contributed by atoms with Crippen molar-refractivity contribution in [1.29, 1.82) is 0 Å². The van der Waals surface area contributed by atoms with E-state index in [0.717, 1.165) is 55.3 Å². The standard InChI is InChI=1S/C26H27F3N4O2S2/c1-31-10-12-32(13-11-31)21-8-3-4-9-22(21)33-23(16-25(30-33)26(27,28)29)24-15-19(17-36-24)18-6-5-7-20(14-18)37(2,34)35/h3-9,14,16-17,24H,10-13,15H2,1-2H3. The molecule has 11 heteroatoms. The quantitative estimate of drug-likeness (QED) is 0.433. The zero-order valence-electron chi connectivity index (χ0n) is 20.4. The Morgan fingerprint density at radius 3 is 2.35 bits per heavy atom. The number of benzene rings is 2. The van der Waals surface area contributed by atoms with Gasteiger partial charge in [-0.25, -0.2) is 13.1 Å². The molecule has 1 atom stereocenters. The molecular formula is C26H27F3N4O2S2. The number of alkyl halides is 3. The van der Waals surface area contributed by atoms with Crippen LogP contribution in [0.1, 0.15) is 28.6 Å². The van der Waals surface area contributed by atoms with E-state index in [1.165, 1.54) is 16.4 Å². The molecule has 5 rings (SSSR count). The summed E-state index contributed by atoms with van der Waals surface area (Å²) < 4.78 is 66.9. The topological polar surface area (TPSA) is 58.4 Å². The summed E-state index contributed by atoms with van der Waals surface area (Å²) in [6.45, 7) is 3.28. The van der Waals surface area contributed by atoms with Crippen molar-refractivity contribution in [1.82, 2.24) is 14.7 Å². The third-order valence-corrected chi connectivity index (χ3v) is 8.99. The van der Waals surface area contributed by atoms with Crippen LogP contribution in [0, 0.1) is 0 Å². The first-order valence-electron chi connectivity index (χ1n) is 11.9. The zero-order valence-corrected chi connectivity index (χ0v) is 22.1. The van der Waals surface area contributed by atoms with Crippen LogP contribution in [0.25, 0.3) is 11.3 Å². The minimum atomic E-state index is -4.58. The van der Waals surface area contributed by atoms with Crippen LogP contribution in [0.3, 0.4) is 0 Å². The first-order valence-corrected chi connectivity index (χ1v) is 14.7. The molecule has 6 nitrogen and oxygen atoms in total. The number of thioether (sulfide) groups is 1. The van der Waals surface area contributed by atoms with Gasteiger partial charge < -0.3 is 9.80 Å². The van der Waals surface area contributed by atoms with E-state index in [1.807, 2.05) is 35.7 Å². The first kappa shape index (κ1) is 25.9. The van der Waals surface area contributed by atoms with Crippen LogP contribution in [-0.4, -0.2) is 62.6 Å². The number of sulfone groups is 1. The van der Waals surface area contributed by atoms with Crippen molar-refractivity contribution < 1.29 is 21.6 Å². The third kappa shape index (κ3) is 5.44. The summed E-state index contributed by atoms with van der Waals surface area (Å²) in [7, 11) is -1.32. The van der Waals surface area contributed by atoms with Gasteiger partial charge in [0.05, 0.1) is 27.2 Å². The summed E-state index contributed by atoms with van der Waals surface area (Å²) in [5.74, 6) is 0. The number of hydrogen-bond acceptors (Lipinski definition) is 6. The molecule has 1 aromatic heterocycles. The predicted octanol–water partition coefficient (Wildman–Crippen LogP) is 5.27. The van der Waals surface area contributed by atoms with Crippen LogP contribution in [0.5, 0.6) is 0 Å². The van der Waals surface area contributed by atoms with Gasteiger partial charge in [0, 0.05) is 32.4 Å². The first-order chi connectivity index (χ1) is 17.5. The van der Waals surface area contributed by atoms with Gasteiger partial charge in [0.15, 0.2) is 15.5 Å².